The Morgan fingerprint density at radius 1 is 1.16 bits per heavy atom. The molecule has 0 aliphatic heterocycles. The molecule has 0 unspecified atom stereocenters. The maximum absolute atomic E-state index is 8.73. The molecular formula is C13H15BrN4O. The minimum absolute atomic E-state index is 0.168. The zero-order valence-electron chi connectivity index (χ0n) is 10.3. The lowest BCUT2D eigenvalue weighted by molar-refractivity contribution is 0.292. The van der Waals surface area contributed by atoms with Gasteiger partial charge in [0.15, 0.2) is 0 Å². The number of nitrogens with one attached hydrogen (secondary N) is 2. The fourth-order valence-electron chi connectivity index (χ4n) is 1.53. The monoisotopic (exact) mass is 322 g/mol. The summed E-state index contributed by atoms with van der Waals surface area (Å²) < 4.78 is 1.01. The summed E-state index contributed by atoms with van der Waals surface area (Å²) in [6.07, 6.45) is 2.19. The van der Waals surface area contributed by atoms with Gasteiger partial charge in [0.05, 0.1) is 0 Å². The van der Waals surface area contributed by atoms with Crippen LogP contribution in [0.15, 0.2) is 41.1 Å². The smallest absolute Gasteiger partial charge is 0.135 e. The van der Waals surface area contributed by atoms with Gasteiger partial charge in [-0.05, 0) is 24.6 Å². The molecule has 3 N–H and O–H groups in total. The molecule has 100 valence electrons. The molecule has 0 radical (unpaired) electrons. The van der Waals surface area contributed by atoms with Gasteiger partial charge in [-0.2, -0.15) is 0 Å². The molecular weight excluding hydrogens is 308 g/mol. The number of nitrogens with zero attached hydrogens (tertiary/aromatic N) is 2. The third-order valence-electron chi connectivity index (χ3n) is 2.41. The largest absolute Gasteiger partial charge is 0.396 e. The first-order valence-electron chi connectivity index (χ1n) is 5.97. The van der Waals surface area contributed by atoms with Crippen molar-refractivity contribution < 1.29 is 5.11 Å². The average Bonchev–Trinajstić information content (AvgIpc) is 2.39. The van der Waals surface area contributed by atoms with Crippen LogP contribution in [0.4, 0.5) is 17.3 Å². The summed E-state index contributed by atoms with van der Waals surface area (Å²) in [5.74, 6) is 1.46. The fraction of sp³-hybridized carbons (Fsp3) is 0.231. The Bertz CT molecular complexity index is 536. The molecule has 0 atom stereocenters. The summed E-state index contributed by atoms with van der Waals surface area (Å²) in [5, 5.41) is 15.1. The molecule has 0 bridgehead atoms. The van der Waals surface area contributed by atoms with Gasteiger partial charge in [-0.15, -0.1) is 0 Å². The Balaban J connectivity index is 2.02. The number of aliphatic hydroxyl groups is 1. The Kier molecular flexibility index (Phi) is 5.11. The van der Waals surface area contributed by atoms with Gasteiger partial charge in [-0.25, -0.2) is 9.97 Å². The van der Waals surface area contributed by atoms with Crippen molar-refractivity contribution in [3.05, 3.63) is 41.1 Å². The normalized spacial score (nSPS) is 10.2. The molecule has 0 saturated heterocycles. The third kappa shape index (κ3) is 4.50. The van der Waals surface area contributed by atoms with E-state index in [1.807, 2.05) is 30.3 Å². The SMILES string of the molecule is OCCCNc1cc(Nc2cccc(Br)c2)ncn1. The summed E-state index contributed by atoms with van der Waals surface area (Å²) in [7, 11) is 0. The van der Waals surface area contributed by atoms with Crippen LogP contribution in [-0.2, 0) is 0 Å². The summed E-state index contributed by atoms with van der Waals surface area (Å²) in [6.45, 7) is 0.852. The van der Waals surface area contributed by atoms with Crippen LogP contribution >= 0.6 is 15.9 Å². The van der Waals surface area contributed by atoms with Gasteiger partial charge >= 0.3 is 0 Å². The molecule has 5 nitrogen and oxygen atoms in total. The van der Waals surface area contributed by atoms with Crippen molar-refractivity contribution in [3.8, 4) is 0 Å². The van der Waals surface area contributed by atoms with Crippen LogP contribution in [0.2, 0.25) is 0 Å². The third-order valence-corrected chi connectivity index (χ3v) is 2.90. The summed E-state index contributed by atoms with van der Waals surface area (Å²) in [6, 6.07) is 9.69. The van der Waals surface area contributed by atoms with Gasteiger partial charge in [0.2, 0.25) is 0 Å². The van der Waals surface area contributed by atoms with Crippen LogP contribution < -0.4 is 10.6 Å². The van der Waals surface area contributed by atoms with Gasteiger partial charge in [0.25, 0.3) is 0 Å². The zero-order valence-corrected chi connectivity index (χ0v) is 11.9. The second kappa shape index (κ2) is 7.06. The van der Waals surface area contributed by atoms with Crippen LogP contribution in [-0.4, -0.2) is 28.2 Å². The molecule has 19 heavy (non-hydrogen) atoms. The zero-order chi connectivity index (χ0) is 13.5. The van der Waals surface area contributed by atoms with E-state index in [0.717, 1.165) is 21.8 Å². The molecule has 0 spiro atoms. The highest BCUT2D eigenvalue weighted by Gasteiger charge is 1.99. The Morgan fingerprint density at radius 3 is 2.79 bits per heavy atom. The Hall–Kier alpha value is -1.66. The molecule has 1 aromatic heterocycles. The fourth-order valence-corrected chi connectivity index (χ4v) is 1.93. The van der Waals surface area contributed by atoms with E-state index in [4.69, 9.17) is 5.11 Å². The van der Waals surface area contributed by atoms with Gasteiger partial charge in [0, 0.05) is 29.4 Å². The van der Waals surface area contributed by atoms with Crippen molar-refractivity contribution in [1.29, 1.82) is 0 Å². The molecule has 0 amide bonds. The maximum atomic E-state index is 8.73. The first-order chi connectivity index (χ1) is 9.28. The van der Waals surface area contributed by atoms with Gasteiger partial charge in [-0.3, -0.25) is 0 Å². The number of benzene rings is 1. The predicted molar refractivity (Wildman–Crippen MR) is 79.6 cm³/mol. The molecule has 0 saturated carbocycles. The molecule has 0 aliphatic rings. The molecule has 0 aliphatic carbocycles. The van der Waals surface area contributed by atoms with Crippen LogP contribution in [0.1, 0.15) is 6.42 Å². The number of rotatable bonds is 6. The minimum Gasteiger partial charge on any atom is -0.396 e. The van der Waals surface area contributed by atoms with E-state index < -0.39 is 0 Å². The second-order valence-corrected chi connectivity index (χ2v) is 4.84. The summed E-state index contributed by atoms with van der Waals surface area (Å²) >= 11 is 3.42. The topological polar surface area (TPSA) is 70.1 Å². The first-order valence-corrected chi connectivity index (χ1v) is 6.76. The number of anilines is 3. The number of aliphatic hydroxyl groups excluding tert-OH is 1. The van der Waals surface area contributed by atoms with Crippen LogP contribution in [0.3, 0.4) is 0 Å². The lowest BCUT2D eigenvalue weighted by atomic mass is 10.3. The van der Waals surface area contributed by atoms with E-state index in [9.17, 15) is 0 Å². The van der Waals surface area contributed by atoms with Crippen molar-refractivity contribution in [2.24, 2.45) is 0 Å². The van der Waals surface area contributed by atoms with E-state index in [-0.39, 0.29) is 6.61 Å². The van der Waals surface area contributed by atoms with Gasteiger partial charge in [-0.1, -0.05) is 22.0 Å². The highest BCUT2D eigenvalue weighted by atomic mass is 79.9. The Labute approximate surface area is 120 Å². The first kappa shape index (κ1) is 13.8. The summed E-state index contributed by atoms with van der Waals surface area (Å²) in [4.78, 5) is 8.28. The van der Waals surface area contributed by atoms with Gasteiger partial charge in [0.1, 0.15) is 18.0 Å². The van der Waals surface area contributed by atoms with Crippen LogP contribution in [0.5, 0.6) is 0 Å². The standard InChI is InChI=1S/C13H15BrN4O/c14-10-3-1-4-11(7-10)18-13-8-12(16-9-17-13)15-5-2-6-19/h1,3-4,7-9,19H,2,5-6H2,(H2,15,16,17,18). The number of aromatic nitrogens is 2. The quantitative estimate of drug-likeness (QED) is 0.713. The lowest BCUT2D eigenvalue weighted by Crippen LogP contribution is -2.06. The second-order valence-electron chi connectivity index (χ2n) is 3.93. The van der Waals surface area contributed by atoms with E-state index in [2.05, 4.69) is 36.5 Å². The van der Waals surface area contributed by atoms with Crippen molar-refractivity contribution in [3.63, 3.8) is 0 Å². The van der Waals surface area contributed by atoms with E-state index in [1.165, 1.54) is 6.33 Å². The van der Waals surface area contributed by atoms with Crippen molar-refractivity contribution in [1.82, 2.24) is 9.97 Å². The van der Waals surface area contributed by atoms with Crippen LogP contribution in [0.25, 0.3) is 0 Å². The minimum atomic E-state index is 0.168. The predicted octanol–water partition coefficient (Wildman–Crippen LogP) is 2.78. The lowest BCUT2D eigenvalue weighted by Gasteiger charge is -2.08. The van der Waals surface area contributed by atoms with Crippen molar-refractivity contribution >= 4 is 33.3 Å². The number of halogens is 1. The molecule has 2 rings (SSSR count). The van der Waals surface area contributed by atoms with Gasteiger partial charge < -0.3 is 15.7 Å². The maximum Gasteiger partial charge on any atom is 0.135 e. The molecule has 1 aromatic carbocycles. The van der Waals surface area contributed by atoms with Crippen molar-refractivity contribution in [2.75, 3.05) is 23.8 Å². The molecule has 0 fully saturated rings. The molecule has 2 aromatic rings. The molecule has 1 heterocycles. The van der Waals surface area contributed by atoms with E-state index in [1.54, 1.807) is 0 Å². The van der Waals surface area contributed by atoms with E-state index >= 15 is 0 Å². The number of hydrogen-bond donors (Lipinski definition) is 3. The molecule has 6 heteroatoms. The van der Waals surface area contributed by atoms with E-state index in [0.29, 0.717) is 13.0 Å². The van der Waals surface area contributed by atoms with Crippen LogP contribution in [0, 0.1) is 0 Å². The highest BCUT2D eigenvalue weighted by molar-refractivity contribution is 9.10. The van der Waals surface area contributed by atoms with Crippen molar-refractivity contribution in [2.45, 2.75) is 6.42 Å². The summed E-state index contributed by atoms with van der Waals surface area (Å²) in [5.41, 5.74) is 0.953. The Morgan fingerprint density at radius 2 is 2.00 bits per heavy atom. The number of hydrogen-bond acceptors (Lipinski definition) is 5. The average molecular weight is 323 g/mol. The highest BCUT2D eigenvalue weighted by Crippen LogP contribution is 2.20.